The molecule has 5 nitrogen and oxygen atoms in total. The number of hydrogen-bond donors (Lipinski definition) is 2. The molecule has 19 heavy (non-hydrogen) atoms. The molecule has 1 heterocycles. The van der Waals surface area contributed by atoms with Crippen LogP contribution in [0.25, 0.3) is 0 Å². The van der Waals surface area contributed by atoms with E-state index >= 15 is 0 Å². The molecular formula is C12H18FN3O2S. The largest absolute Gasteiger partial charge is 0.329 e. The van der Waals surface area contributed by atoms with Crippen molar-refractivity contribution in [3.8, 4) is 0 Å². The Morgan fingerprint density at radius 2 is 2.00 bits per heavy atom. The van der Waals surface area contributed by atoms with Crippen molar-refractivity contribution < 1.29 is 12.8 Å². The predicted octanol–water partition coefficient (Wildman–Crippen LogP) is 1.16. The highest BCUT2D eigenvalue weighted by molar-refractivity contribution is 7.89. The highest BCUT2D eigenvalue weighted by Gasteiger charge is 2.35. The summed E-state index contributed by atoms with van der Waals surface area (Å²) in [5.74, 6) is -0.673. The maximum absolute atomic E-state index is 13.1. The molecule has 2 rings (SSSR count). The zero-order valence-electron chi connectivity index (χ0n) is 10.6. The SMILES string of the molecule is NCC1(NS(=O)(=O)c2cncc(F)c2)CCCCC1. The monoisotopic (exact) mass is 287 g/mol. The van der Waals surface area contributed by atoms with Gasteiger partial charge in [-0.2, -0.15) is 0 Å². The zero-order valence-corrected chi connectivity index (χ0v) is 11.4. The summed E-state index contributed by atoms with van der Waals surface area (Å²) in [5, 5.41) is 0. The molecule has 1 aliphatic rings. The fourth-order valence-electron chi connectivity index (χ4n) is 2.46. The minimum atomic E-state index is -3.79. The third kappa shape index (κ3) is 3.29. The van der Waals surface area contributed by atoms with E-state index in [2.05, 4.69) is 9.71 Å². The summed E-state index contributed by atoms with van der Waals surface area (Å²) >= 11 is 0. The molecule has 0 aliphatic heterocycles. The van der Waals surface area contributed by atoms with Crippen molar-refractivity contribution in [2.24, 2.45) is 5.73 Å². The third-order valence-electron chi connectivity index (χ3n) is 3.54. The van der Waals surface area contributed by atoms with E-state index in [1.54, 1.807) is 0 Å². The maximum Gasteiger partial charge on any atom is 0.242 e. The lowest BCUT2D eigenvalue weighted by Gasteiger charge is -2.36. The number of nitrogens with zero attached hydrogens (tertiary/aromatic N) is 1. The number of nitrogens with one attached hydrogen (secondary N) is 1. The lowest BCUT2D eigenvalue weighted by Crippen LogP contribution is -2.54. The van der Waals surface area contributed by atoms with E-state index < -0.39 is 21.4 Å². The van der Waals surface area contributed by atoms with E-state index in [-0.39, 0.29) is 11.4 Å². The van der Waals surface area contributed by atoms with Gasteiger partial charge in [-0.3, -0.25) is 4.98 Å². The van der Waals surface area contributed by atoms with Crippen LogP contribution < -0.4 is 10.5 Å². The molecule has 106 valence electrons. The van der Waals surface area contributed by atoms with E-state index in [9.17, 15) is 12.8 Å². The highest BCUT2D eigenvalue weighted by atomic mass is 32.2. The van der Waals surface area contributed by atoms with Crippen LogP contribution >= 0.6 is 0 Å². The second-order valence-electron chi connectivity index (χ2n) is 4.99. The van der Waals surface area contributed by atoms with Crippen molar-refractivity contribution in [1.82, 2.24) is 9.71 Å². The highest BCUT2D eigenvalue weighted by Crippen LogP contribution is 2.29. The average molecular weight is 287 g/mol. The van der Waals surface area contributed by atoms with Crippen molar-refractivity contribution >= 4 is 10.0 Å². The van der Waals surface area contributed by atoms with E-state index in [0.717, 1.165) is 37.7 Å². The quantitative estimate of drug-likeness (QED) is 0.870. The Morgan fingerprint density at radius 1 is 1.32 bits per heavy atom. The van der Waals surface area contributed by atoms with Crippen LogP contribution in [0.1, 0.15) is 32.1 Å². The summed E-state index contributed by atoms with van der Waals surface area (Å²) in [6, 6.07) is 0.961. The van der Waals surface area contributed by atoms with Gasteiger partial charge in [-0.1, -0.05) is 19.3 Å². The summed E-state index contributed by atoms with van der Waals surface area (Å²) in [4.78, 5) is 3.41. The normalized spacial score (nSPS) is 19.3. The minimum Gasteiger partial charge on any atom is -0.329 e. The molecule has 1 saturated carbocycles. The topological polar surface area (TPSA) is 85.1 Å². The van der Waals surface area contributed by atoms with Gasteiger partial charge in [0.2, 0.25) is 10.0 Å². The smallest absolute Gasteiger partial charge is 0.242 e. The van der Waals surface area contributed by atoms with Crippen molar-refractivity contribution in [3.63, 3.8) is 0 Å². The Labute approximate surface area is 112 Å². The molecule has 1 fully saturated rings. The Bertz CT molecular complexity index is 542. The van der Waals surface area contributed by atoms with Crippen LogP contribution in [0.4, 0.5) is 4.39 Å². The van der Waals surface area contributed by atoms with Crippen LogP contribution in [0.3, 0.4) is 0 Å². The zero-order chi connectivity index (χ0) is 13.9. The van der Waals surface area contributed by atoms with Crippen molar-refractivity contribution in [3.05, 3.63) is 24.3 Å². The molecule has 0 unspecified atom stereocenters. The first kappa shape index (κ1) is 14.4. The van der Waals surface area contributed by atoms with Crippen LogP contribution in [0.5, 0.6) is 0 Å². The first-order valence-electron chi connectivity index (χ1n) is 6.32. The summed E-state index contributed by atoms with van der Waals surface area (Å²) in [6.45, 7) is 0.245. The Morgan fingerprint density at radius 3 is 2.58 bits per heavy atom. The number of sulfonamides is 1. The number of hydrogen-bond acceptors (Lipinski definition) is 4. The van der Waals surface area contributed by atoms with Crippen molar-refractivity contribution in [2.45, 2.75) is 42.5 Å². The van der Waals surface area contributed by atoms with E-state index in [4.69, 9.17) is 5.73 Å². The summed E-state index contributed by atoms with van der Waals surface area (Å²) < 4.78 is 40.2. The van der Waals surface area contributed by atoms with Gasteiger partial charge in [-0.25, -0.2) is 17.5 Å². The summed E-state index contributed by atoms with van der Waals surface area (Å²) in [5.41, 5.74) is 5.13. The van der Waals surface area contributed by atoms with Crippen LogP contribution in [-0.4, -0.2) is 25.5 Å². The molecule has 0 bridgehead atoms. The lowest BCUT2D eigenvalue weighted by molar-refractivity contribution is 0.276. The van der Waals surface area contributed by atoms with Gasteiger partial charge in [0.05, 0.1) is 6.20 Å². The van der Waals surface area contributed by atoms with Gasteiger partial charge in [-0.05, 0) is 18.9 Å². The van der Waals surface area contributed by atoms with Crippen LogP contribution in [0.2, 0.25) is 0 Å². The molecule has 0 spiro atoms. The van der Waals surface area contributed by atoms with Crippen LogP contribution in [0, 0.1) is 5.82 Å². The molecular weight excluding hydrogens is 269 g/mol. The molecule has 7 heteroatoms. The summed E-state index contributed by atoms with van der Waals surface area (Å²) in [6.07, 6.45) is 6.51. The van der Waals surface area contributed by atoms with Gasteiger partial charge >= 0.3 is 0 Å². The first-order valence-corrected chi connectivity index (χ1v) is 7.80. The van der Waals surface area contributed by atoms with Crippen molar-refractivity contribution in [1.29, 1.82) is 0 Å². The predicted molar refractivity (Wildman–Crippen MR) is 69.4 cm³/mol. The fraction of sp³-hybridized carbons (Fsp3) is 0.583. The lowest BCUT2D eigenvalue weighted by atomic mass is 9.83. The van der Waals surface area contributed by atoms with Gasteiger partial charge in [0, 0.05) is 18.3 Å². The molecule has 0 atom stereocenters. The minimum absolute atomic E-state index is 0.161. The third-order valence-corrected chi connectivity index (χ3v) is 5.09. The number of aromatic nitrogens is 1. The maximum atomic E-state index is 13.1. The standard InChI is InChI=1S/C12H18FN3O2S/c13-10-6-11(8-15-7-10)19(17,18)16-12(9-14)4-2-1-3-5-12/h6-8,16H,1-5,9,14H2. The van der Waals surface area contributed by atoms with Gasteiger partial charge in [0.25, 0.3) is 0 Å². The van der Waals surface area contributed by atoms with E-state index in [0.29, 0.717) is 12.8 Å². The van der Waals surface area contributed by atoms with Crippen LogP contribution in [-0.2, 0) is 10.0 Å². The van der Waals surface area contributed by atoms with Crippen LogP contribution in [0.15, 0.2) is 23.4 Å². The first-order chi connectivity index (χ1) is 8.97. The molecule has 0 amide bonds. The molecule has 1 aliphatic carbocycles. The Kier molecular flexibility index (Phi) is 4.17. The Balaban J connectivity index is 2.25. The Hall–Kier alpha value is -1.05. The van der Waals surface area contributed by atoms with Gasteiger partial charge in [0.15, 0.2) is 0 Å². The average Bonchev–Trinajstić information content (AvgIpc) is 2.39. The van der Waals surface area contributed by atoms with E-state index in [1.165, 1.54) is 0 Å². The van der Waals surface area contributed by atoms with Gasteiger partial charge < -0.3 is 5.73 Å². The number of halogens is 1. The van der Waals surface area contributed by atoms with Gasteiger partial charge in [0.1, 0.15) is 10.7 Å². The number of pyridine rings is 1. The second kappa shape index (κ2) is 5.52. The van der Waals surface area contributed by atoms with Gasteiger partial charge in [-0.15, -0.1) is 0 Å². The molecule has 3 N–H and O–H groups in total. The molecule has 0 saturated heterocycles. The molecule has 1 aromatic rings. The number of nitrogens with two attached hydrogens (primary N) is 1. The molecule has 0 radical (unpaired) electrons. The molecule has 0 aromatic carbocycles. The second-order valence-corrected chi connectivity index (χ2v) is 6.67. The number of rotatable bonds is 4. The van der Waals surface area contributed by atoms with E-state index in [1.807, 2.05) is 0 Å². The fourth-order valence-corrected chi connectivity index (χ4v) is 3.90. The molecule has 1 aromatic heterocycles. The summed E-state index contributed by atoms with van der Waals surface area (Å²) in [7, 11) is -3.79. The van der Waals surface area contributed by atoms with Crippen molar-refractivity contribution in [2.75, 3.05) is 6.54 Å².